The number of halogens is 2. The average molecular weight is 247 g/mol. The number of benzene rings is 1. The van der Waals surface area contributed by atoms with Crippen LogP contribution in [0.15, 0.2) is 36.5 Å². The Kier molecular flexibility index (Phi) is 3.36. The summed E-state index contributed by atoms with van der Waals surface area (Å²) in [6.45, 7) is 0. The van der Waals surface area contributed by atoms with Crippen molar-refractivity contribution in [2.45, 2.75) is 6.42 Å². The molecule has 0 aliphatic carbocycles. The molecule has 0 fully saturated rings. The third kappa shape index (κ3) is 2.43. The van der Waals surface area contributed by atoms with E-state index in [1.807, 2.05) is 0 Å². The van der Waals surface area contributed by atoms with Gasteiger partial charge in [-0.2, -0.15) is 5.26 Å². The second-order valence-corrected chi connectivity index (χ2v) is 3.84. The quantitative estimate of drug-likeness (QED) is 0.759. The molecule has 0 aliphatic rings. The van der Waals surface area contributed by atoms with E-state index in [1.54, 1.807) is 24.4 Å². The van der Waals surface area contributed by atoms with Crippen LogP contribution >= 0.6 is 11.6 Å². The summed E-state index contributed by atoms with van der Waals surface area (Å²) in [5.41, 5.74) is 2.24. The highest BCUT2D eigenvalue weighted by Crippen LogP contribution is 2.30. The number of rotatable bonds is 2. The first-order chi connectivity index (χ1) is 8.22. The number of nitrogens with zero attached hydrogens (tertiary/aromatic N) is 2. The highest BCUT2D eigenvalue weighted by Gasteiger charge is 2.10. The number of hydrogen-bond acceptors (Lipinski definition) is 2. The molecule has 0 N–H and O–H groups in total. The molecule has 0 saturated heterocycles. The van der Waals surface area contributed by atoms with E-state index in [9.17, 15) is 4.39 Å². The van der Waals surface area contributed by atoms with Crippen LogP contribution in [0, 0.1) is 17.1 Å². The summed E-state index contributed by atoms with van der Waals surface area (Å²) in [7, 11) is 0. The minimum atomic E-state index is -0.310. The van der Waals surface area contributed by atoms with Crippen molar-refractivity contribution in [1.82, 2.24) is 4.98 Å². The molecule has 0 radical (unpaired) electrons. The zero-order chi connectivity index (χ0) is 12.3. The minimum Gasteiger partial charge on any atom is -0.244 e. The maximum Gasteiger partial charge on any atom is 0.137 e. The van der Waals surface area contributed by atoms with Crippen molar-refractivity contribution in [3.05, 3.63) is 53.1 Å². The van der Waals surface area contributed by atoms with E-state index in [2.05, 4.69) is 11.1 Å². The van der Waals surface area contributed by atoms with Crippen LogP contribution in [0.5, 0.6) is 0 Å². The maximum absolute atomic E-state index is 12.9. The predicted molar refractivity (Wildman–Crippen MR) is 64.0 cm³/mol. The first kappa shape index (κ1) is 11.6. The molecular formula is C13H8ClFN2. The van der Waals surface area contributed by atoms with Gasteiger partial charge in [-0.1, -0.05) is 23.7 Å². The lowest BCUT2D eigenvalue weighted by Gasteiger charge is -2.08. The summed E-state index contributed by atoms with van der Waals surface area (Å²) in [6.07, 6.45) is 1.80. The minimum absolute atomic E-state index is 0.245. The van der Waals surface area contributed by atoms with Crippen LogP contribution in [-0.4, -0.2) is 4.98 Å². The fourth-order valence-corrected chi connectivity index (χ4v) is 1.91. The number of pyridine rings is 1. The average Bonchev–Trinajstić information content (AvgIpc) is 2.32. The molecule has 0 amide bonds. The Hall–Kier alpha value is -1.92. The smallest absolute Gasteiger partial charge is 0.137 e. The molecule has 1 aromatic carbocycles. The summed E-state index contributed by atoms with van der Waals surface area (Å²) in [5, 5.41) is 9.08. The van der Waals surface area contributed by atoms with Gasteiger partial charge in [0, 0.05) is 11.8 Å². The van der Waals surface area contributed by atoms with E-state index in [0.29, 0.717) is 10.7 Å². The lowest BCUT2D eigenvalue weighted by molar-refractivity contribution is 0.628. The van der Waals surface area contributed by atoms with Crippen LogP contribution in [-0.2, 0) is 6.42 Å². The third-order valence-corrected chi connectivity index (χ3v) is 2.68. The van der Waals surface area contributed by atoms with Gasteiger partial charge in [0.2, 0.25) is 0 Å². The molecule has 2 rings (SSSR count). The van der Waals surface area contributed by atoms with Gasteiger partial charge in [0.05, 0.1) is 12.5 Å². The second kappa shape index (κ2) is 4.94. The van der Waals surface area contributed by atoms with Gasteiger partial charge in [-0.3, -0.25) is 0 Å². The molecule has 0 spiro atoms. The van der Waals surface area contributed by atoms with Crippen molar-refractivity contribution in [3.63, 3.8) is 0 Å². The topological polar surface area (TPSA) is 36.7 Å². The molecule has 84 valence electrons. The zero-order valence-corrected chi connectivity index (χ0v) is 9.58. The normalized spacial score (nSPS) is 9.94. The molecule has 0 atom stereocenters. The van der Waals surface area contributed by atoms with Crippen LogP contribution in [0.1, 0.15) is 5.56 Å². The highest BCUT2D eigenvalue weighted by molar-refractivity contribution is 6.32. The van der Waals surface area contributed by atoms with Crippen molar-refractivity contribution in [2.75, 3.05) is 0 Å². The molecule has 0 bridgehead atoms. The van der Waals surface area contributed by atoms with Gasteiger partial charge >= 0.3 is 0 Å². The lowest BCUT2D eigenvalue weighted by atomic mass is 10.0. The van der Waals surface area contributed by atoms with Crippen LogP contribution in [0.2, 0.25) is 5.15 Å². The standard InChI is InChI=1S/C13H8ClFN2/c14-13-12(9-1-3-11(15)4-2-9)10(5-7-16)6-8-17-13/h1-4,6,8H,5H2. The van der Waals surface area contributed by atoms with Crippen LogP contribution < -0.4 is 0 Å². The molecular weight excluding hydrogens is 239 g/mol. The van der Waals surface area contributed by atoms with Crippen molar-refractivity contribution < 1.29 is 4.39 Å². The molecule has 2 nitrogen and oxygen atoms in total. The first-order valence-corrected chi connectivity index (χ1v) is 5.36. The molecule has 0 aliphatic heterocycles. The predicted octanol–water partition coefficient (Wildman–Crippen LogP) is 3.61. The third-order valence-electron chi connectivity index (χ3n) is 2.39. The largest absolute Gasteiger partial charge is 0.244 e. The van der Waals surface area contributed by atoms with E-state index in [4.69, 9.17) is 16.9 Å². The van der Waals surface area contributed by atoms with E-state index in [0.717, 1.165) is 11.1 Å². The van der Waals surface area contributed by atoms with Gasteiger partial charge in [0.25, 0.3) is 0 Å². The van der Waals surface area contributed by atoms with Gasteiger partial charge in [-0.05, 0) is 29.3 Å². The van der Waals surface area contributed by atoms with Crippen LogP contribution in [0.4, 0.5) is 4.39 Å². The highest BCUT2D eigenvalue weighted by atomic mass is 35.5. The molecule has 17 heavy (non-hydrogen) atoms. The Morgan fingerprint density at radius 2 is 1.94 bits per heavy atom. The Bertz CT molecular complexity index is 573. The van der Waals surface area contributed by atoms with E-state index < -0.39 is 0 Å². The number of aromatic nitrogens is 1. The molecule has 2 aromatic rings. The SMILES string of the molecule is N#CCc1ccnc(Cl)c1-c1ccc(F)cc1. The summed E-state index contributed by atoms with van der Waals surface area (Å²) in [5.74, 6) is -0.310. The summed E-state index contributed by atoms with van der Waals surface area (Å²) < 4.78 is 12.9. The fourth-order valence-electron chi connectivity index (χ4n) is 1.63. The number of hydrogen-bond donors (Lipinski definition) is 0. The van der Waals surface area contributed by atoms with Gasteiger partial charge in [0.15, 0.2) is 0 Å². The van der Waals surface area contributed by atoms with Gasteiger partial charge in [-0.25, -0.2) is 9.37 Å². The van der Waals surface area contributed by atoms with Crippen LogP contribution in [0.25, 0.3) is 11.1 Å². The lowest BCUT2D eigenvalue weighted by Crippen LogP contribution is -1.92. The van der Waals surface area contributed by atoms with E-state index >= 15 is 0 Å². The summed E-state index contributed by atoms with van der Waals surface area (Å²) in [4.78, 5) is 3.98. The Balaban J connectivity index is 2.57. The van der Waals surface area contributed by atoms with Crippen molar-refractivity contribution in [3.8, 4) is 17.2 Å². The zero-order valence-electron chi connectivity index (χ0n) is 8.82. The maximum atomic E-state index is 12.9. The summed E-state index contributed by atoms with van der Waals surface area (Å²) >= 11 is 6.03. The first-order valence-electron chi connectivity index (χ1n) is 4.98. The van der Waals surface area contributed by atoms with Gasteiger partial charge in [0.1, 0.15) is 11.0 Å². The molecule has 0 unspecified atom stereocenters. The van der Waals surface area contributed by atoms with Crippen molar-refractivity contribution in [1.29, 1.82) is 5.26 Å². The Morgan fingerprint density at radius 3 is 2.59 bits per heavy atom. The Labute approximate surface area is 103 Å². The molecule has 0 saturated carbocycles. The second-order valence-electron chi connectivity index (χ2n) is 3.48. The van der Waals surface area contributed by atoms with Gasteiger partial charge in [-0.15, -0.1) is 0 Å². The van der Waals surface area contributed by atoms with E-state index in [1.165, 1.54) is 12.1 Å². The number of nitriles is 1. The van der Waals surface area contributed by atoms with E-state index in [-0.39, 0.29) is 12.2 Å². The van der Waals surface area contributed by atoms with Gasteiger partial charge < -0.3 is 0 Å². The molecule has 1 heterocycles. The monoisotopic (exact) mass is 246 g/mol. The van der Waals surface area contributed by atoms with Crippen molar-refractivity contribution >= 4 is 11.6 Å². The fraction of sp³-hybridized carbons (Fsp3) is 0.0769. The Morgan fingerprint density at radius 1 is 1.24 bits per heavy atom. The summed E-state index contributed by atoms with van der Waals surface area (Å²) in [6, 6.07) is 9.78. The molecule has 4 heteroatoms. The van der Waals surface area contributed by atoms with Crippen molar-refractivity contribution in [2.24, 2.45) is 0 Å². The molecule has 1 aromatic heterocycles. The van der Waals surface area contributed by atoms with Crippen LogP contribution in [0.3, 0.4) is 0 Å².